The summed E-state index contributed by atoms with van der Waals surface area (Å²) in [6.07, 6.45) is 73.5. The Balaban J connectivity index is 4.38. The lowest BCUT2D eigenvalue weighted by molar-refractivity contribution is -0.167. The molecule has 0 saturated heterocycles. The molecule has 0 rings (SSSR count). The Kier molecular flexibility index (Phi) is 56.3. The first-order valence-electron chi connectivity index (χ1n) is 30.3. The van der Waals surface area contributed by atoms with E-state index in [0.717, 1.165) is 83.5 Å². The van der Waals surface area contributed by atoms with E-state index in [1.54, 1.807) is 0 Å². The first-order chi connectivity index (χ1) is 34.5. The molecule has 0 fully saturated rings. The fraction of sp³-hybridized carbons (Fsp3) is 0.797. The monoisotopic (exact) mass is 979 g/mol. The van der Waals surface area contributed by atoms with Gasteiger partial charge in [0.05, 0.1) is 0 Å². The fourth-order valence-electron chi connectivity index (χ4n) is 8.68. The van der Waals surface area contributed by atoms with Crippen molar-refractivity contribution >= 4 is 17.9 Å². The zero-order valence-electron chi connectivity index (χ0n) is 46.5. The van der Waals surface area contributed by atoms with E-state index >= 15 is 0 Å². The third-order valence-electron chi connectivity index (χ3n) is 13.2. The van der Waals surface area contributed by atoms with Gasteiger partial charge in [0.1, 0.15) is 13.2 Å². The van der Waals surface area contributed by atoms with Crippen LogP contribution < -0.4 is 0 Å². The van der Waals surface area contributed by atoms with Gasteiger partial charge in [0.2, 0.25) is 0 Å². The number of allylic oxidation sites excluding steroid dienone is 10. The number of esters is 3. The summed E-state index contributed by atoms with van der Waals surface area (Å²) in [6.45, 7) is 6.54. The highest BCUT2D eigenvalue weighted by Gasteiger charge is 2.19. The van der Waals surface area contributed by atoms with Gasteiger partial charge >= 0.3 is 17.9 Å². The summed E-state index contributed by atoms with van der Waals surface area (Å²) in [6, 6.07) is 0. The van der Waals surface area contributed by atoms with E-state index in [2.05, 4.69) is 81.5 Å². The second-order valence-corrected chi connectivity index (χ2v) is 20.2. The molecule has 6 heteroatoms. The minimum atomic E-state index is -0.782. The van der Waals surface area contributed by atoms with Gasteiger partial charge in [0.15, 0.2) is 6.10 Å². The van der Waals surface area contributed by atoms with Gasteiger partial charge in [0, 0.05) is 19.3 Å². The van der Waals surface area contributed by atoms with Crippen LogP contribution in [-0.2, 0) is 28.6 Å². The van der Waals surface area contributed by atoms with Crippen LogP contribution in [-0.4, -0.2) is 37.2 Å². The standard InChI is InChI=1S/C64H114O6/c1-4-7-10-13-16-19-22-25-28-31-32-34-36-39-42-45-48-51-54-57-63(66)69-60-61(59-68-62(65)56-53-50-47-44-41-38-35-30-27-24-21-18-15-12-9-6-3)70-64(67)58-55-52-49-46-43-40-37-33-29-26-23-20-17-14-11-8-5-2/h7,10,16,19,25-26,28-30,35,61H,4-6,8-9,11-15,17-18,20-24,27,31-34,36-60H2,1-3H3/b10-7-,19-16-,28-25-,29-26-,35-30-. The number of carbonyl (C=O) groups excluding carboxylic acids is 3. The van der Waals surface area contributed by atoms with Crippen molar-refractivity contribution in [3.63, 3.8) is 0 Å². The molecule has 1 atom stereocenters. The van der Waals surface area contributed by atoms with Crippen molar-refractivity contribution in [3.05, 3.63) is 60.8 Å². The molecular weight excluding hydrogens is 865 g/mol. The summed E-state index contributed by atoms with van der Waals surface area (Å²) in [7, 11) is 0. The molecule has 6 nitrogen and oxygen atoms in total. The van der Waals surface area contributed by atoms with Gasteiger partial charge in [-0.3, -0.25) is 14.4 Å². The molecule has 0 aromatic rings. The Morgan fingerprint density at radius 3 is 0.886 bits per heavy atom. The molecule has 70 heavy (non-hydrogen) atoms. The highest BCUT2D eigenvalue weighted by Crippen LogP contribution is 2.16. The minimum Gasteiger partial charge on any atom is -0.462 e. The Morgan fingerprint density at radius 1 is 0.300 bits per heavy atom. The average Bonchev–Trinajstić information content (AvgIpc) is 3.36. The summed E-state index contributed by atoms with van der Waals surface area (Å²) >= 11 is 0. The minimum absolute atomic E-state index is 0.0800. The molecule has 0 aromatic carbocycles. The number of rotatable bonds is 55. The molecule has 0 heterocycles. The molecule has 0 aliphatic rings. The maximum absolute atomic E-state index is 12.9. The number of carbonyl (C=O) groups is 3. The first kappa shape index (κ1) is 67.1. The van der Waals surface area contributed by atoms with Crippen LogP contribution in [0.1, 0.15) is 310 Å². The van der Waals surface area contributed by atoms with Crippen molar-refractivity contribution in [1.82, 2.24) is 0 Å². The van der Waals surface area contributed by atoms with E-state index in [9.17, 15) is 14.4 Å². The predicted molar refractivity (Wildman–Crippen MR) is 302 cm³/mol. The van der Waals surface area contributed by atoms with Crippen molar-refractivity contribution in [2.75, 3.05) is 13.2 Å². The van der Waals surface area contributed by atoms with Crippen molar-refractivity contribution in [2.45, 2.75) is 316 Å². The molecule has 0 N–H and O–H groups in total. The summed E-state index contributed by atoms with van der Waals surface area (Å²) in [5.41, 5.74) is 0. The van der Waals surface area contributed by atoms with E-state index in [0.29, 0.717) is 19.3 Å². The van der Waals surface area contributed by atoms with Crippen molar-refractivity contribution in [2.24, 2.45) is 0 Å². The largest absolute Gasteiger partial charge is 0.462 e. The maximum Gasteiger partial charge on any atom is 0.306 e. The van der Waals surface area contributed by atoms with Gasteiger partial charge in [-0.25, -0.2) is 0 Å². The Hall–Kier alpha value is -2.89. The van der Waals surface area contributed by atoms with Crippen LogP contribution in [0.15, 0.2) is 60.8 Å². The summed E-state index contributed by atoms with van der Waals surface area (Å²) < 4.78 is 16.9. The number of ether oxygens (including phenoxy) is 3. The fourth-order valence-corrected chi connectivity index (χ4v) is 8.68. The van der Waals surface area contributed by atoms with E-state index in [4.69, 9.17) is 14.2 Å². The molecule has 0 bridgehead atoms. The van der Waals surface area contributed by atoms with Gasteiger partial charge in [-0.15, -0.1) is 0 Å². The lowest BCUT2D eigenvalue weighted by Gasteiger charge is -2.18. The summed E-state index contributed by atoms with van der Waals surface area (Å²) in [4.78, 5) is 38.2. The highest BCUT2D eigenvalue weighted by atomic mass is 16.6. The summed E-state index contributed by atoms with van der Waals surface area (Å²) in [5.74, 6) is -0.884. The highest BCUT2D eigenvalue weighted by molar-refractivity contribution is 5.71. The molecule has 0 spiro atoms. The molecule has 406 valence electrons. The molecule has 1 unspecified atom stereocenters. The van der Waals surface area contributed by atoms with Gasteiger partial charge in [-0.1, -0.05) is 248 Å². The maximum atomic E-state index is 12.9. The smallest absolute Gasteiger partial charge is 0.306 e. The molecular formula is C64H114O6. The molecule has 0 aliphatic carbocycles. The topological polar surface area (TPSA) is 78.9 Å². The predicted octanol–water partition coefficient (Wildman–Crippen LogP) is 20.4. The molecule has 0 aliphatic heterocycles. The zero-order valence-corrected chi connectivity index (χ0v) is 46.5. The average molecular weight is 980 g/mol. The van der Waals surface area contributed by atoms with Crippen LogP contribution in [0.3, 0.4) is 0 Å². The Morgan fingerprint density at radius 2 is 0.557 bits per heavy atom. The number of unbranched alkanes of at least 4 members (excludes halogenated alkanes) is 34. The second-order valence-electron chi connectivity index (χ2n) is 20.2. The quantitative estimate of drug-likeness (QED) is 0.0261. The first-order valence-corrected chi connectivity index (χ1v) is 30.3. The van der Waals surface area contributed by atoms with Gasteiger partial charge in [-0.05, 0) is 103 Å². The SMILES string of the molecule is CC/C=C\C/C=C\C/C=C\CCCCCCCCCCCC(=O)OCC(COC(=O)CCCCCCC/C=C\CCCCCCCCC)OC(=O)CCCCCCCCC/C=C\CCCCCCCC. The van der Waals surface area contributed by atoms with Crippen molar-refractivity contribution in [1.29, 1.82) is 0 Å². The van der Waals surface area contributed by atoms with Gasteiger partial charge in [-0.2, -0.15) is 0 Å². The van der Waals surface area contributed by atoms with Gasteiger partial charge in [0.25, 0.3) is 0 Å². The lowest BCUT2D eigenvalue weighted by Crippen LogP contribution is -2.30. The second kappa shape index (κ2) is 58.7. The molecule has 0 radical (unpaired) electrons. The van der Waals surface area contributed by atoms with Crippen LogP contribution in [0.2, 0.25) is 0 Å². The van der Waals surface area contributed by atoms with Gasteiger partial charge < -0.3 is 14.2 Å². The van der Waals surface area contributed by atoms with Crippen LogP contribution in [0.5, 0.6) is 0 Å². The Bertz CT molecular complexity index is 1260. The number of hydrogen-bond acceptors (Lipinski definition) is 6. The van der Waals surface area contributed by atoms with Crippen LogP contribution in [0, 0.1) is 0 Å². The lowest BCUT2D eigenvalue weighted by atomic mass is 10.1. The molecule has 0 saturated carbocycles. The Labute approximate surface area is 434 Å². The van der Waals surface area contributed by atoms with E-state index < -0.39 is 6.10 Å². The third kappa shape index (κ3) is 56.0. The van der Waals surface area contributed by atoms with E-state index in [1.165, 1.54) is 186 Å². The van der Waals surface area contributed by atoms with Crippen LogP contribution >= 0.6 is 0 Å². The van der Waals surface area contributed by atoms with E-state index in [-0.39, 0.29) is 31.1 Å². The van der Waals surface area contributed by atoms with E-state index in [1.807, 2.05) is 0 Å². The number of hydrogen-bond donors (Lipinski definition) is 0. The van der Waals surface area contributed by atoms with Crippen molar-refractivity contribution in [3.8, 4) is 0 Å². The van der Waals surface area contributed by atoms with Crippen LogP contribution in [0.25, 0.3) is 0 Å². The third-order valence-corrected chi connectivity index (χ3v) is 13.2. The molecule has 0 amide bonds. The van der Waals surface area contributed by atoms with Crippen LogP contribution in [0.4, 0.5) is 0 Å². The normalized spacial score (nSPS) is 12.4. The molecule has 0 aromatic heterocycles. The summed E-state index contributed by atoms with van der Waals surface area (Å²) in [5, 5.41) is 0. The van der Waals surface area contributed by atoms with Crippen molar-refractivity contribution < 1.29 is 28.6 Å². The zero-order chi connectivity index (χ0) is 50.7.